The van der Waals surface area contributed by atoms with E-state index in [0.29, 0.717) is 25.6 Å². The molecule has 0 aromatic heterocycles. The fourth-order valence-electron chi connectivity index (χ4n) is 1.03. The van der Waals surface area contributed by atoms with Gasteiger partial charge in [0, 0.05) is 32.0 Å². The van der Waals surface area contributed by atoms with Crippen LogP contribution in [-0.2, 0) is 9.53 Å². The van der Waals surface area contributed by atoms with Gasteiger partial charge in [0.1, 0.15) is 0 Å². The van der Waals surface area contributed by atoms with Crippen LogP contribution in [0, 0.1) is 5.92 Å². The minimum atomic E-state index is -0.145. The van der Waals surface area contributed by atoms with Crippen molar-refractivity contribution in [1.29, 1.82) is 0 Å². The number of hydrogen-bond donors (Lipinski definition) is 0. The van der Waals surface area contributed by atoms with Crippen molar-refractivity contribution >= 4 is 17.5 Å². The van der Waals surface area contributed by atoms with Crippen LogP contribution in [-0.4, -0.2) is 43.5 Å². The molecule has 3 nitrogen and oxygen atoms in total. The molecular weight excluding hydrogens is 202 g/mol. The van der Waals surface area contributed by atoms with Gasteiger partial charge < -0.3 is 9.64 Å². The number of carbonyl (C=O) groups excluding carboxylic acids is 1. The van der Waals surface area contributed by atoms with Crippen LogP contribution >= 0.6 is 11.6 Å². The average molecular weight is 220 g/mol. The highest BCUT2D eigenvalue weighted by atomic mass is 35.5. The first-order valence-electron chi connectivity index (χ1n) is 4.62. The number of methoxy groups -OCH3 is 1. The summed E-state index contributed by atoms with van der Waals surface area (Å²) in [6, 6.07) is 0. The Hall–Kier alpha value is -0.540. The fourth-order valence-corrected chi connectivity index (χ4v) is 1.16. The summed E-state index contributed by atoms with van der Waals surface area (Å²) in [5.74, 6) is 0.254. The van der Waals surface area contributed by atoms with E-state index in [2.05, 4.69) is 6.58 Å². The van der Waals surface area contributed by atoms with Crippen LogP contribution in [0.25, 0.3) is 0 Å². The minimum absolute atomic E-state index is 0.0527. The maximum absolute atomic E-state index is 11.7. The van der Waals surface area contributed by atoms with Crippen molar-refractivity contribution in [1.82, 2.24) is 4.90 Å². The molecule has 0 heterocycles. The molecule has 1 amide bonds. The summed E-state index contributed by atoms with van der Waals surface area (Å²) in [5, 5.41) is 0. The summed E-state index contributed by atoms with van der Waals surface area (Å²) in [6.45, 7) is 7.09. The summed E-state index contributed by atoms with van der Waals surface area (Å²) in [7, 11) is 1.61. The molecule has 0 radical (unpaired) electrons. The third-order valence-corrected chi connectivity index (χ3v) is 2.34. The highest BCUT2D eigenvalue weighted by Gasteiger charge is 2.18. The zero-order valence-corrected chi connectivity index (χ0v) is 9.59. The standard InChI is InChI=1S/C10H18ClNO2/c1-4-5-12(6-7-14-3)10(13)9(2)8-11/h4,9H,1,5-8H2,2-3H3. The number of alkyl halides is 1. The van der Waals surface area contributed by atoms with E-state index in [9.17, 15) is 4.79 Å². The van der Waals surface area contributed by atoms with Crippen molar-refractivity contribution in [2.24, 2.45) is 5.92 Å². The Kier molecular flexibility index (Phi) is 7.52. The first kappa shape index (κ1) is 13.5. The van der Waals surface area contributed by atoms with Crippen LogP contribution in [0.3, 0.4) is 0 Å². The third-order valence-electron chi connectivity index (χ3n) is 1.88. The number of hydrogen-bond acceptors (Lipinski definition) is 2. The monoisotopic (exact) mass is 219 g/mol. The Morgan fingerprint density at radius 3 is 2.79 bits per heavy atom. The minimum Gasteiger partial charge on any atom is -0.383 e. The van der Waals surface area contributed by atoms with E-state index in [-0.39, 0.29) is 11.8 Å². The lowest BCUT2D eigenvalue weighted by Gasteiger charge is -2.23. The maximum atomic E-state index is 11.7. The molecule has 1 unspecified atom stereocenters. The van der Waals surface area contributed by atoms with E-state index in [1.807, 2.05) is 6.92 Å². The summed E-state index contributed by atoms with van der Waals surface area (Å²) in [5.41, 5.74) is 0. The van der Waals surface area contributed by atoms with Crippen LogP contribution in [0.5, 0.6) is 0 Å². The molecular formula is C10H18ClNO2. The van der Waals surface area contributed by atoms with Crippen LogP contribution in [0.15, 0.2) is 12.7 Å². The molecule has 14 heavy (non-hydrogen) atoms. The summed E-state index contributed by atoms with van der Waals surface area (Å²) in [4.78, 5) is 13.4. The van der Waals surface area contributed by atoms with Crippen molar-refractivity contribution in [3.8, 4) is 0 Å². The second kappa shape index (κ2) is 7.83. The molecule has 82 valence electrons. The summed E-state index contributed by atoms with van der Waals surface area (Å²) < 4.78 is 4.92. The lowest BCUT2D eigenvalue weighted by molar-refractivity contribution is -0.134. The van der Waals surface area contributed by atoms with Crippen molar-refractivity contribution in [2.75, 3.05) is 32.7 Å². The lowest BCUT2D eigenvalue weighted by Crippen LogP contribution is -2.38. The molecule has 0 bridgehead atoms. The number of carbonyl (C=O) groups is 1. The van der Waals surface area contributed by atoms with Crippen molar-refractivity contribution in [3.63, 3.8) is 0 Å². The van der Waals surface area contributed by atoms with E-state index in [0.717, 1.165) is 0 Å². The molecule has 0 N–H and O–H groups in total. The van der Waals surface area contributed by atoms with Crippen LogP contribution in [0.1, 0.15) is 6.92 Å². The van der Waals surface area contributed by atoms with E-state index in [1.54, 1.807) is 18.1 Å². The predicted molar refractivity (Wildman–Crippen MR) is 58.5 cm³/mol. The van der Waals surface area contributed by atoms with Gasteiger partial charge in [-0.1, -0.05) is 13.0 Å². The number of amides is 1. The molecule has 4 heteroatoms. The summed E-state index contributed by atoms with van der Waals surface area (Å²) >= 11 is 5.62. The average Bonchev–Trinajstić information content (AvgIpc) is 2.22. The number of rotatable bonds is 7. The highest BCUT2D eigenvalue weighted by molar-refractivity contribution is 6.19. The molecule has 0 rings (SSSR count). The zero-order chi connectivity index (χ0) is 11.0. The fraction of sp³-hybridized carbons (Fsp3) is 0.700. The Labute approximate surface area is 90.7 Å². The van der Waals surface area contributed by atoms with Crippen LogP contribution in [0.4, 0.5) is 0 Å². The second-order valence-corrected chi connectivity index (χ2v) is 3.43. The van der Waals surface area contributed by atoms with Gasteiger partial charge in [0.15, 0.2) is 0 Å². The number of halogens is 1. The molecule has 0 aliphatic heterocycles. The maximum Gasteiger partial charge on any atom is 0.226 e. The molecule has 0 fully saturated rings. The molecule has 0 saturated carbocycles. The Morgan fingerprint density at radius 2 is 2.36 bits per heavy atom. The molecule has 0 spiro atoms. The third kappa shape index (κ3) is 4.63. The quantitative estimate of drug-likeness (QED) is 0.480. The van der Waals surface area contributed by atoms with Crippen molar-refractivity contribution < 1.29 is 9.53 Å². The van der Waals surface area contributed by atoms with Gasteiger partial charge in [-0.05, 0) is 0 Å². The van der Waals surface area contributed by atoms with Crippen LogP contribution < -0.4 is 0 Å². The first-order valence-corrected chi connectivity index (χ1v) is 5.15. The van der Waals surface area contributed by atoms with Crippen molar-refractivity contribution in [2.45, 2.75) is 6.92 Å². The van der Waals surface area contributed by atoms with Crippen molar-refractivity contribution in [3.05, 3.63) is 12.7 Å². The van der Waals surface area contributed by atoms with E-state index < -0.39 is 0 Å². The zero-order valence-electron chi connectivity index (χ0n) is 8.83. The van der Waals surface area contributed by atoms with Gasteiger partial charge in [-0.25, -0.2) is 0 Å². The number of ether oxygens (including phenoxy) is 1. The molecule has 0 aromatic rings. The van der Waals surface area contributed by atoms with Gasteiger partial charge >= 0.3 is 0 Å². The van der Waals surface area contributed by atoms with Gasteiger partial charge in [-0.15, -0.1) is 18.2 Å². The molecule has 0 aliphatic rings. The Balaban J connectivity index is 4.16. The number of nitrogens with zero attached hydrogens (tertiary/aromatic N) is 1. The van der Waals surface area contributed by atoms with Gasteiger partial charge in [-0.3, -0.25) is 4.79 Å². The van der Waals surface area contributed by atoms with Gasteiger partial charge in [-0.2, -0.15) is 0 Å². The van der Waals surface area contributed by atoms with E-state index in [4.69, 9.17) is 16.3 Å². The van der Waals surface area contributed by atoms with Crippen LogP contribution in [0.2, 0.25) is 0 Å². The SMILES string of the molecule is C=CCN(CCOC)C(=O)C(C)CCl. The molecule has 0 aromatic carbocycles. The molecule has 1 atom stereocenters. The molecule has 0 aliphatic carbocycles. The first-order chi connectivity index (χ1) is 6.67. The normalized spacial score (nSPS) is 12.2. The topological polar surface area (TPSA) is 29.5 Å². The Bertz CT molecular complexity index is 185. The molecule has 0 saturated heterocycles. The van der Waals surface area contributed by atoms with Gasteiger partial charge in [0.2, 0.25) is 5.91 Å². The van der Waals surface area contributed by atoms with Gasteiger partial charge in [0.25, 0.3) is 0 Å². The highest BCUT2D eigenvalue weighted by Crippen LogP contribution is 2.04. The van der Waals surface area contributed by atoms with E-state index in [1.165, 1.54) is 0 Å². The largest absolute Gasteiger partial charge is 0.383 e. The smallest absolute Gasteiger partial charge is 0.226 e. The Morgan fingerprint density at radius 1 is 1.71 bits per heavy atom. The van der Waals surface area contributed by atoms with E-state index >= 15 is 0 Å². The lowest BCUT2D eigenvalue weighted by atomic mass is 10.2. The summed E-state index contributed by atoms with van der Waals surface area (Å²) in [6.07, 6.45) is 1.70. The predicted octanol–water partition coefficient (Wildman–Crippen LogP) is 1.52. The van der Waals surface area contributed by atoms with Gasteiger partial charge in [0.05, 0.1) is 6.61 Å². The second-order valence-electron chi connectivity index (χ2n) is 3.12.